The van der Waals surface area contributed by atoms with Gasteiger partial charge in [0.15, 0.2) is 0 Å². The van der Waals surface area contributed by atoms with Crippen LogP contribution in [-0.4, -0.2) is 61.0 Å². The molecule has 0 aromatic rings. The van der Waals surface area contributed by atoms with Crippen LogP contribution in [0.15, 0.2) is 0 Å². The first kappa shape index (κ1) is 12.8. The van der Waals surface area contributed by atoms with E-state index in [-0.39, 0.29) is 0 Å². The maximum absolute atomic E-state index is 11.9. The summed E-state index contributed by atoms with van der Waals surface area (Å²) in [5.74, 6) is 0.357. The molecule has 1 atom stereocenters. The van der Waals surface area contributed by atoms with E-state index in [0.29, 0.717) is 11.9 Å². The zero-order chi connectivity index (χ0) is 12.1. The van der Waals surface area contributed by atoms with Gasteiger partial charge in [0.1, 0.15) is 0 Å². The van der Waals surface area contributed by atoms with Crippen LogP contribution < -0.4 is 5.32 Å². The number of carbonyl (C=O) groups excluding carboxylic acids is 1. The highest BCUT2D eigenvalue weighted by molar-refractivity contribution is 5.76. The average molecular weight is 239 g/mol. The van der Waals surface area contributed by atoms with Crippen molar-refractivity contribution < 1.29 is 4.79 Å². The predicted octanol–water partition coefficient (Wildman–Crippen LogP) is 0.683. The zero-order valence-corrected chi connectivity index (χ0v) is 11.0. The molecule has 2 saturated heterocycles. The number of amides is 1. The number of hydrogen-bond donors (Lipinski definition) is 1. The van der Waals surface area contributed by atoms with Crippen molar-refractivity contribution in [2.24, 2.45) is 0 Å². The summed E-state index contributed by atoms with van der Waals surface area (Å²) in [6.45, 7) is 8.40. The third kappa shape index (κ3) is 3.42. The van der Waals surface area contributed by atoms with Crippen LogP contribution >= 0.6 is 0 Å². The van der Waals surface area contributed by atoms with Crippen molar-refractivity contribution >= 4 is 5.91 Å². The van der Waals surface area contributed by atoms with Gasteiger partial charge in [0.2, 0.25) is 5.91 Å². The van der Waals surface area contributed by atoms with Crippen molar-refractivity contribution in [3.05, 3.63) is 0 Å². The van der Waals surface area contributed by atoms with Crippen LogP contribution in [0.2, 0.25) is 0 Å². The largest absolute Gasteiger partial charge is 0.340 e. The van der Waals surface area contributed by atoms with Crippen molar-refractivity contribution in [1.82, 2.24) is 15.1 Å². The van der Waals surface area contributed by atoms with E-state index >= 15 is 0 Å². The number of nitrogens with zero attached hydrogens (tertiary/aromatic N) is 2. The first-order valence-electron chi connectivity index (χ1n) is 7.04. The first-order valence-corrected chi connectivity index (χ1v) is 7.04. The Hall–Kier alpha value is -0.610. The summed E-state index contributed by atoms with van der Waals surface area (Å²) in [5.41, 5.74) is 0. The van der Waals surface area contributed by atoms with Gasteiger partial charge in [0.25, 0.3) is 0 Å². The lowest BCUT2D eigenvalue weighted by Gasteiger charge is -2.37. The topological polar surface area (TPSA) is 35.6 Å². The summed E-state index contributed by atoms with van der Waals surface area (Å²) in [7, 11) is 0. The van der Waals surface area contributed by atoms with E-state index in [0.717, 1.165) is 58.5 Å². The maximum atomic E-state index is 11.9. The monoisotopic (exact) mass is 239 g/mol. The molecule has 0 aliphatic carbocycles. The van der Waals surface area contributed by atoms with Crippen LogP contribution in [0.5, 0.6) is 0 Å². The van der Waals surface area contributed by atoms with Gasteiger partial charge in [-0.05, 0) is 19.4 Å². The molecule has 98 valence electrons. The molecular formula is C13H25N3O. The molecule has 2 heterocycles. The third-order valence-corrected chi connectivity index (χ3v) is 3.96. The van der Waals surface area contributed by atoms with Crippen LogP contribution in [0.1, 0.15) is 32.6 Å². The quantitative estimate of drug-likeness (QED) is 0.784. The highest BCUT2D eigenvalue weighted by atomic mass is 16.2. The second-order valence-corrected chi connectivity index (χ2v) is 5.17. The Bertz CT molecular complexity index is 243. The molecule has 0 saturated carbocycles. The van der Waals surface area contributed by atoms with Crippen LogP contribution in [0.3, 0.4) is 0 Å². The van der Waals surface area contributed by atoms with E-state index in [9.17, 15) is 4.79 Å². The van der Waals surface area contributed by atoms with E-state index in [4.69, 9.17) is 0 Å². The van der Waals surface area contributed by atoms with E-state index in [2.05, 4.69) is 22.0 Å². The molecule has 4 heteroatoms. The normalized spacial score (nSPS) is 26.4. The molecule has 0 aromatic carbocycles. The average Bonchev–Trinajstić information content (AvgIpc) is 2.90. The van der Waals surface area contributed by atoms with Gasteiger partial charge in [-0.3, -0.25) is 9.69 Å². The van der Waals surface area contributed by atoms with Crippen LogP contribution in [0.4, 0.5) is 0 Å². The second-order valence-electron chi connectivity index (χ2n) is 5.17. The smallest absolute Gasteiger partial charge is 0.222 e. The number of rotatable bonds is 4. The van der Waals surface area contributed by atoms with E-state index in [1.807, 2.05) is 0 Å². The van der Waals surface area contributed by atoms with Crippen molar-refractivity contribution in [3.63, 3.8) is 0 Å². The molecule has 2 fully saturated rings. The fraction of sp³-hybridized carbons (Fsp3) is 0.923. The Kier molecular flexibility index (Phi) is 4.80. The minimum atomic E-state index is 0.357. The lowest BCUT2D eigenvalue weighted by atomic mass is 10.1. The fourth-order valence-corrected chi connectivity index (χ4v) is 2.77. The Morgan fingerprint density at radius 1 is 1.29 bits per heavy atom. The molecule has 2 aliphatic rings. The van der Waals surface area contributed by atoms with Gasteiger partial charge in [0, 0.05) is 45.2 Å². The van der Waals surface area contributed by atoms with Gasteiger partial charge in [-0.2, -0.15) is 0 Å². The highest BCUT2D eigenvalue weighted by Crippen LogP contribution is 2.13. The SMILES string of the molecule is CCCCC(=O)N1CCN(C2CCNC2)CC1. The summed E-state index contributed by atoms with van der Waals surface area (Å²) in [5, 5.41) is 3.41. The lowest BCUT2D eigenvalue weighted by Crippen LogP contribution is -2.52. The minimum absolute atomic E-state index is 0.357. The van der Waals surface area contributed by atoms with Crippen molar-refractivity contribution in [1.29, 1.82) is 0 Å². The molecule has 1 unspecified atom stereocenters. The molecule has 1 N–H and O–H groups in total. The highest BCUT2D eigenvalue weighted by Gasteiger charge is 2.27. The van der Waals surface area contributed by atoms with Crippen molar-refractivity contribution in [2.45, 2.75) is 38.6 Å². The molecule has 0 aromatic heterocycles. The summed E-state index contributed by atoms with van der Waals surface area (Å²) in [6.07, 6.45) is 4.15. The number of nitrogens with one attached hydrogen (secondary N) is 1. The standard InChI is InChI=1S/C13H25N3O/c1-2-3-4-13(17)16-9-7-15(8-10-16)12-5-6-14-11-12/h12,14H,2-11H2,1H3. The van der Waals surface area contributed by atoms with Gasteiger partial charge in [0.05, 0.1) is 0 Å². The maximum Gasteiger partial charge on any atom is 0.222 e. The molecule has 1 amide bonds. The van der Waals surface area contributed by atoms with Gasteiger partial charge >= 0.3 is 0 Å². The molecule has 0 radical (unpaired) electrons. The van der Waals surface area contributed by atoms with Gasteiger partial charge < -0.3 is 10.2 Å². The minimum Gasteiger partial charge on any atom is -0.340 e. The number of hydrogen-bond acceptors (Lipinski definition) is 3. The number of carbonyl (C=O) groups is 1. The lowest BCUT2D eigenvalue weighted by molar-refractivity contribution is -0.133. The van der Waals surface area contributed by atoms with Crippen LogP contribution in [0.25, 0.3) is 0 Å². The Balaban J connectivity index is 1.71. The van der Waals surface area contributed by atoms with E-state index in [1.165, 1.54) is 6.42 Å². The van der Waals surface area contributed by atoms with Crippen LogP contribution in [-0.2, 0) is 4.79 Å². The zero-order valence-electron chi connectivity index (χ0n) is 11.0. The molecule has 4 nitrogen and oxygen atoms in total. The van der Waals surface area contributed by atoms with Gasteiger partial charge in [-0.25, -0.2) is 0 Å². The summed E-state index contributed by atoms with van der Waals surface area (Å²) in [4.78, 5) is 16.5. The van der Waals surface area contributed by atoms with E-state index in [1.54, 1.807) is 0 Å². The number of unbranched alkanes of at least 4 members (excludes halogenated alkanes) is 1. The fourth-order valence-electron chi connectivity index (χ4n) is 2.77. The van der Waals surface area contributed by atoms with Crippen molar-refractivity contribution in [3.8, 4) is 0 Å². The second kappa shape index (κ2) is 6.36. The molecule has 2 aliphatic heterocycles. The molecular weight excluding hydrogens is 214 g/mol. The summed E-state index contributed by atoms with van der Waals surface area (Å²) in [6, 6.07) is 0.711. The first-order chi connectivity index (χ1) is 8.31. The van der Waals surface area contributed by atoms with Gasteiger partial charge in [-0.1, -0.05) is 13.3 Å². The molecule has 0 spiro atoms. The Labute approximate surface area is 104 Å². The summed E-state index contributed by atoms with van der Waals surface area (Å²) >= 11 is 0. The van der Waals surface area contributed by atoms with Gasteiger partial charge in [-0.15, -0.1) is 0 Å². The number of piperazine rings is 1. The van der Waals surface area contributed by atoms with Crippen molar-refractivity contribution in [2.75, 3.05) is 39.3 Å². The molecule has 0 bridgehead atoms. The summed E-state index contributed by atoms with van der Waals surface area (Å²) < 4.78 is 0. The Morgan fingerprint density at radius 2 is 2.06 bits per heavy atom. The molecule has 17 heavy (non-hydrogen) atoms. The van der Waals surface area contributed by atoms with E-state index < -0.39 is 0 Å². The van der Waals surface area contributed by atoms with Crippen LogP contribution in [0, 0.1) is 0 Å². The third-order valence-electron chi connectivity index (χ3n) is 3.96. The predicted molar refractivity (Wildman–Crippen MR) is 69.0 cm³/mol. The Morgan fingerprint density at radius 3 is 2.65 bits per heavy atom. The molecule has 2 rings (SSSR count).